The van der Waals surface area contributed by atoms with Crippen molar-refractivity contribution in [3.05, 3.63) is 35.2 Å². The molecule has 1 heterocycles. The van der Waals surface area contributed by atoms with Crippen molar-refractivity contribution in [3.63, 3.8) is 0 Å². The summed E-state index contributed by atoms with van der Waals surface area (Å²) in [6.07, 6.45) is 6.71. The van der Waals surface area contributed by atoms with Crippen molar-refractivity contribution in [1.82, 2.24) is 5.32 Å². The molecule has 0 spiro atoms. The largest absolute Gasteiger partial charge is 0.493 e. The fourth-order valence-corrected chi connectivity index (χ4v) is 3.55. The van der Waals surface area contributed by atoms with Crippen LogP contribution in [0.25, 0.3) is 4.85 Å². The number of nitrogens with zero attached hydrogens (tertiary/aromatic N) is 1. The Hall–Kier alpha value is -1.44. The fraction of sp³-hybridized carbons (Fsp3) is 0.611. The van der Waals surface area contributed by atoms with Gasteiger partial charge in [0, 0.05) is 31.5 Å². The first kappa shape index (κ1) is 17.9. The van der Waals surface area contributed by atoms with Crippen LogP contribution in [0.4, 0.5) is 0 Å². The number of ether oxygens (including phenoxy) is 2. The average Bonchev–Trinajstić information content (AvgIpc) is 3.08. The standard InChI is InChI=1S/C18H24N2O2.ClH/c1-19-18(9-11-20-12-10-18)14-7-8-16(21-2)17(13-14)22-15-5-3-4-6-15;/h7-8,13,15,20H,3-6,9-12H2,2H3;1H. The van der Waals surface area contributed by atoms with E-state index in [-0.39, 0.29) is 12.4 Å². The Morgan fingerprint density at radius 1 is 1.17 bits per heavy atom. The number of hydrogen-bond donors (Lipinski definition) is 1. The van der Waals surface area contributed by atoms with Crippen molar-refractivity contribution in [2.45, 2.75) is 50.2 Å². The van der Waals surface area contributed by atoms with Crippen LogP contribution in [0.15, 0.2) is 18.2 Å². The van der Waals surface area contributed by atoms with Gasteiger partial charge in [-0.05, 0) is 43.9 Å². The first-order chi connectivity index (χ1) is 10.8. The summed E-state index contributed by atoms with van der Waals surface area (Å²) in [5.41, 5.74) is 0.656. The zero-order valence-corrected chi connectivity index (χ0v) is 14.5. The lowest BCUT2D eigenvalue weighted by molar-refractivity contribution is 0.200. The summed E-state index contributed by atoms with van der Waals surface area (Å²) < 4.78 is 11.6. The number of rotatable bonds is 4. The van der Waals surface area contributed by atoms with E-state index >= 15 is 0 Å². The number of halogens is 1. The summed E-state index contributed by atoms with van der Waals surface area (Å²) in [6, 6.07) is 6.03. The summed E-state index contributed by atoms with van der Waals surface area (Å²) in [4.78, 5) is 3.99. The monoisotopic (exact) mass is 336 g/mol. The molecule has 4 nitrogen and oxygen atoms in total. The summed E-state index contributed by atoms with van der Waals surface area (Å²) in [7, 11) is 1.67. The highest BCUT2D eigenvalue weighted by molar-refractivity contribution is 5.85. The maximum atomic E-state index is 7.70. The van der Waals surface area contributed by atoms with Crippen LogP contribution < -0.4 is 14.8 Å². The van der Waals surface area contributed by atoms with Gasteiger partial charge in [-0.25, -0.2) is 6.57 Å². The average molecular weight is 337 g/mol. The third kappa shape index (κ3) is 3.73. The predicted octanol–water partition coefficient (Wildman–Crippen LogP) is 3.94. The fourth-order valence-electron chi connectivity index (χ4n) is 3.55. The van der Waals surface area contributed by atoms with Gasteiger partial charge in [-0.2, -0.15) is 0 Å². The molecule has 2 fully saturated rings. The molecule has 5 heteroatoms. The van der Waals surface area contributed by atoms with Crippen molar-refractivity contribution in [2.75, 3.05) is 20.2 Å². The van der Waals surface area contributed by atoms with E-state index in [4.69, 9.17) is 16.0 Å². The molecule has 0 atom stereocenters. The molecule has 1 aliphatic heterocycles. The SMILES string of the molecule is Cl.[C-]#[N+]C1(c2ccc(OC)c(OC3CCCC3)c2)CCNCC1. The first-order valence-electron chi connectivity index (χ1n) is 8.22. The van der Waals surface area contributed by atoms with E-state index in [9.17, 15) is 0 Å². The zero-order valence-electron chi connectivity index (χ0n) is 13.6. The third-order valence-electron chi connectivity index (χ3n) is 4.94. The smallest absolute Gasteiger partial charge is 0.260 e. The second kappa shape index (κ2) is 7.90. The molecule has 23 heavy (non-hydrogen) atoms. The van der Waals surface area contributed by atoms with Gasteiger partial charge in [-0.15, -0.1) is 12.4 Å². The highest BCUT2D eigenvalue weighted by Gasteiger charge is 2.40. The minimum atomic E-state index is -0.411. The topological polar surface area (TPSA) is 34.9 Å². The second-order valence-corrected chi connectivity index (χ2v) is 6.28. The van der Waals surface area contributed by atoms with Gasteiger partial charge in [0.25, 0.3) is 5.54 Å². The molecule has 0 unspecified atom stereocenters. The lowest BCUT2D eigenvalue weighted by atomic mass is 9.82. The number of nitrogens with one attached hydrogen (secondary N) is 1. The Balaban J connectivity index is 0.00000192. The summed E-state index contributed by atoms with van der Waals surface area (Å²) in [5, 5.41) is 3.34. The van der Waals surface area contributed by atoms with E-state index in [1.54, 1.807) is 7.11 Å². The quantitative estimate of drug-likeness (QED) is 0.846. The van der Waals surface area contributed by atoms with Gasteiger partial charge in [-0.3, -0.25) is 0 Å². The zero-order chi connectivity index (χ0) is 15.4. The summed E-state index contributed by atoms with van der Waals surface area (Å²) >= 11 is 0. The number of piperidine rings is 1. The molecule has 0 bridgehead atoms. The Morgan fingerprint density at radius 3 is 2.48 bits per heavy atom. The highest BCUT2D eigenvalue weighted by Crippen LogP contribution is 2.40. The van der Waals surface area contributed by atoms with Crippen LogP contribution >= 0.6 is 12.4 Å². The Labute approximate surface area is 144 Å². The molecule has 2 aliphatic rings. The Bertz CT molecular complexity index is 559. The number of methoxy groups -OCH3 is 1. The van der Waals surface area contributed by atoms with Gasteiger partial charge in [0.15, 0.2) is 11.5 Å². The molecule has 126 valence electrons. The van der Waals surface area contributed by atoms with E-state index in [1.165, 1.54) is 12.8 Å². The van der Waals surface area contributed by atoms with Gasteiger partial charge >= 0.3 is 0 Å². The molecular weight excluding hydrogens is 312 g/mol. The van der Waals surface area contributed by atoms with Crippen molar-refractivity contribution >= 4 is 12.4 Å². The highest BCUT2D eigenvalue weighted by atomic mass is 35.5. The van der Waals surface area contributed by atoms with Gasteiger partial charge in [0.2, 0.25) is 0 Å². The van der Waals surface area contributed by atoms with Crippen LogP contribution in [0.5, 0.6) is 11.5 Å². The van der Waals surface area contributed by atoms with Crippen LogP contribution in [0.2, 0.25) is 0 Å². The maximum absolute atomic E-state index is 7.70. The minimum Gasteiger partial charge on any atom is -0.493 e. The number of benzene rings is 1. The van der Waals surface area contributed by atoms with E-state index in [0.29, 0.717) is 6.10 Å². The summed E-state index contributed by atoms with van der Waals surface area (Å²) in [5.74, 6) is 1.57. The van der Waals surface area contributed by atoms with Crippen molar-refractivity contribution < 1.29 is 9.47 Å². The minimum absolute atomic E-state index is 0. The molecule has 1 N–H and O–H groups in total. The van der Waals surface area contributed by atoms with Crippen LogP contribution in [-0.4, -0.2) is 26.3 Å². The van der Waals surface area contributed by atoms with Crippen molar-refractivity contribution in [2.24, 2.45) is 0 Å². The van der Waals surface area contributed by atoms with Gasteiger partial charge in [0.05, 0.1) is 13.2 Å². The molecule has 1 saturated heterocycles. The molecule has 0 amide bonds. The van der Waals surface area contributed by atoms with Gasteiger partial charge in [-0.1, -0.05) is 0 Å². The third-order valence-corrected chi connectivity index (χ3v) is 4.94. The van der Waals surface area contributed by atoms with Crippen LogP contribution in [0.3, 0.4) is 0 Å². The molecule has 0 radical (unpaired) electrons. The normalized spacial score (nSPS) is 20.3. The molecule has 1 aromatic rings. The van der Waals surface area contributed by atoms with Crippen molar-refractivity contribution in [3.8, 4) is 11.5 Å². The molecule has 0 aromatic heterocycles. The second-order valence-electron chi connectivity index (χ2n) is 6.28. The molecule has 3 rings (SSSR count). The maximum Gasteiger partial charge on any atom is 0.260 e. The predicted molar refractivity (Wildman–Crippen MR) is 93.5 cm³/mol. The summed E-state index contributed by atoms with van der Waals surface area (Å²) in [6.45, 7) is 9.49. The lowest BCUT2D eigenvalue weighted by Crippen LogP contribution is -2.37. The molecule has 1 aromatic carbocycles. The Kier molecular flexibility index (Phi) is 6.15. The molecule has 1 saturated carbocycles. The first-order valence-corrected chi connectivity index (χ1v) is 8.22. The lowest BCUT2D eigenvalue weighted by Gasteiger charge is -2.28. The van der Waals surface area contributed by atoms with E-state index in [2.05, 4.69) is 10.2 Å². The van der Waals surface area contributed by atoms with E-state index in [0.717, 1.165) is 55.8 Å². The molecule has 1 aliphatic carbocycles. The number of hydrogen-bond acceptors (Lipinski definition) is 3. The van der Waals surface area contributed by atoms with Crippen LogP contribution in [0.1, 0.15) is 44.1 Å². The van der Waals surface area contributed by atoms with Crippen LogP contribution in [0, 0.1) is 6.57 Å². The molecular formula is C18H25ClN2O2. The van der Waals surface area contributed by atoms with E-state index < -0.39 is 5.54 Å². The Morgan fingerprint density at radius 2 is 1.87 bits per heavy atom. The van der Waals surface area contributed by atoms with E-state index in [1.807, 2.05) is 18.2 Å². The van der Waals surface area contributed by atoms with Gasteiger partial charge in [0.1, 0.15) is 0 Å². The van der Waals surface area contributed by atoms with Crippen LogP contribution in [-0.2, 0) is 5.54 Å². The van der Waals surface area contributed by atoms with Crippen molar-refractivity contribution in [1.29, 1.82) is 0 Å². The van der Waals surface area contributed by atoms with Gasteiger partial charge < -0.3 is 19.6 Å².